The number of benzene rings is 10. The molecule has 10 aromatic rings. The van der Waals surface area contributed by atoms with Gasteiger partial charge in [0.05, 0.1) is 47.9 Å². The van der Waals surface area contributed by atoms with Crippen molar-refractivity contribution in [3.8, 4) is 144 Å². The van der Waals surface area contributed by atoms with Crippen molar-refractivity contribution < 1.29 is 128 Å². The van der Waals surface area contributed by atoms with Gasteiger partial charge in [-0.2, -0.15) is 0 Å². The number of hydrogen-bond acceptors (Lipinski definition) is 30. The van der Waals surface area contributed by atoms with Crippen molar-refractivity contribution in [2.45, 2.75) is 59.4 Å². The van der Waals surface area contributed by atoms with Crippen LogP contribution in [0.4, 0.5) is 0 Å². The highest BCUT2D eigenvalue weighted by Crippen LogP contribution is 2.45. The minimum absolute atomic E-state index is 0.00225. The Bertz CT molecular complexity index is 5460. The number of phenols is 25. The molecule has 0 bridgehead atoms. The van der Waals surface area contributed by atoms with Gasteiger partial charge >= 0.3 is 0 Å². The van der Waals surface area contributed by atoms with E-state index in [4.69, 9.17) is 72.7 Å². The third-order valence-corrected chi connectivity index (χ3v) is 21.6. The molecule has 0 heterocycles. The molecule has 2 atom stereocenters. The second-order valence-corrected chi connectivity index (χ2v) is 32.1. The van der Waals surface area contributed by atoms with E-state index in [1.54, 1.807) is 94.5 Å². The lowest BCUT2D eigenvalue weighted by molar-refractivity contribution is 0.366. The summed E-state index contributed by atoms with van der Waals surface area (Å²) < 4.78 is 1.41. The quantitative estimate of drug-likeness (QED) is 0.0191. The lowest BCUT2D eigenvalue weighted by Gasteiger charge is -2.16. The van der Waals surface area contributed by atoms with Crippen molar-refractivity contribution >= 4 is 191 Å². The summed E-state index contributed by atoms with van der Waals surface area (Å²) in [7, 11) is 0. The van der Waals surface area contributed by atoms with Gasteiger partial charge in [0.15, 0.2) is 144 Å². The zero-order valence-corrected chi connectivity index (χ0v) is 75.7. The second kappa shape index (κ2) is 45.6. The van der Waals surface area contributed by atoms with E-state index in [1.807, 2.05) is 0 Å². The molecule has 10 aromatic carbocycles. The summed E-state index contributed by atoms with van der Waals surface area (Å²) >= 11 is 44.6. The average Bonchev–Trinajstić information content (AvgIpc) is 0.829. The van der Waals surface area contributed by atoms with Crippen LogP contribution in [0.2, 0.25) is 5.02 Å². The Labute approximate surface area is 771 Å². The van der Waals surface area contributed by atoms with Gasteiger partial charge in [0.2, 0.25) is 0 Å². The van der Waals surface area contributed by atoms with Crippen molar-refractivity contribution in [2.75, 3.05) is 0 Å². The maximum atomic E-state index is 9.67. The fraction of sp³-hybridized carbons (Fsp3) is 0.107. The number of phenolic OH excluding ortho intramolecular Hbond substituents is 25. The fourth-order valence-corrected chi connectivity index (χ4v) is 13.4. The molecule has 0 fully saturated rings. The summed E-state index contributed by atoms with van der Waals surface area (Å²) in [4.78, 5) is 1.88. The maximum Gasteiger partial charge on any atom is 0.200 e. The van der Waals surface area contributed by atoms with Crippen LogP contribution in [0.5, 0.6) is 144 Å². The van der Waals surface area contributed by atoms with E-state index >= 15 is 0 Å². The second-order valence-electron chi connectivity index (χ2n) is 26.2. The molecule has 0 saturated carbocycles. The van der Waals surface area contributed by atoms with Crippen LogP contribution in [-0.4, -0.2) is 153 Å². The first-order valence-electron chi connectivity index (χ1n) is 35.2. The lowest BCUT2D eigenvalue weighted by Crippen LogP contribution is -2.23. The predicted molar refractivity (Wildman–Crippen MR) is 503 cm³/mol. The van der Waals surface area contributed by atoms with E-state index in [1.165, 1.54) is 103 Å². The van der Waals surface area contributed by atoms with Gasteiger partial charge in [-0.1, -0.05) is 90.9 Å². The van der Waals surface area contributed by atoms with Crippen LogP contribution >= 0.6 is 136 Å². The van der Waals surface area contributed by atoms with Crippen molar-refractivity contribution in [1.29, 1.82) is 0 Å². The SMILES string of the molecule is C/C(=C\C(=S)NCc1cc(O)c(O)c(O)c1)c1cc(O)c(O)c(Br)c1.C/C(=C\C(=S)NCc1cc(O)c(O)c(O)c1)c1cc(O)c(O)c(Br)c1.CC(NC(=S)/C=C/c1ccc(O)c(O)c1Br)c1cc(O)c(O)c(O)c1.CC(NC(=S)/C=C/c1ccc(O)c(O)c1Br)c1cc(O)c(O)c(O)c1.Oc1cc(CNC(=S)/C=C/c2ccc(O)c(O)c2Cl)cc(O)c1O. The van der Waals surface area contributed by atoms with Gasteiger partial charge in [-0.05, 0) is 310 Å². The van der Waals surface area contributed by atoms with E-state index in [2.05, 4.69) is 90.3 Å². The molecular weight excluding hydrogens is 1990 g/mol. The van der Waals surface area contributed by atoms with E-state index < -0.39 is 92.0 Å². The number of nitrogens with one attached hydrogen (secondary N) is 5. The number of halogens is 5. The molecular formula is C84H78Br4ClN5O25S5. The molecule has 30 N–H and O–H groups in total. The van der Waals surface area contributed by atoms with Crippen molar-refractivity contribution in [1.82, 2.24) is 26.6 Å². The highest BCUT2D eigenvalue weighted by Gasteiger charge is 2.20. The van der Waals surface area contributed by atoms with Crippen LogP contribution in [0.3, 0.4) is 0 Å². The van der Waals surface area contributed by atoms with Gasteiger partial charge in [0.1, 0.15) is 0 Å². The smallest absolute Gasteiger partial charge is 0.200 e. The number of aromatic hydroxyl groups is 25. The van der Waals surface area contributed by atoms with Crippen LogP contribution in [0.15, 0.2) is 170 Å². The van der Waals surface area contributed by atoms with Crippen molar-refractivity contribution in [3.05, 3.63) is 230 Å². The Morgan fingerprint density at radius 3 is 0.855 bits per heavy atom. The number of hydrogen-bond donors (Lipinski definition) is 30. The molecule has 0 aliphatic rings. The third kappa shape index (κ3) is 28.6. The first kappa shape index (κ1) is 100. The lowest BCUT2D eigenvalue weighted by atomic mass is 10.1. The van der Waals surface area contributed by atoms with Gasteiger partial charge in [-0.3, -0.25) is 0 Å². The van der Waals surface area contributed by atoms with Crippen LogP contribution < -0.4 is 26.6 Å². The number of rotatable bonds is 20. The highest BCUT2D eigenvalue weighted by molar-refractivity contribution is 9.11. The molecule has 10 rings (SSSR count). The molecule has 0 aliphatic carbocycles. The summed E-state index contributed by atoms with van der Waals surface area (Å²) in [6.45, 7) is 7.80. The number of thiocarbonyl (C=S) groups is 5. The maximum absolute atomic E-state index is 9.67. The molecule has 30 nitrogen and oxygen atoms in total. The molecule has 0 saturated heterocycles. The molecule has 0 aliphatic heterocycles. The minimum atomic E-state index is -0.581. The summed E-state index contributed by atoms with van der Waals surface area (Å²) in [5.74, 6) is -9.75. The standard InChI is InChI=1S/4C17H16BrNO5S.C16H14ClNO5S/c2*1-8(10-5-11(18)16(23)14(22)6-10)2-15(25)19-7-9-3-12(20)17(24)13(21)4-9;2*1-8(10-6-12(21)16(23)13(22)7-10)19-14(25)5-3-9-2-4-11(20)17(24)15(9)18;17-14-9(1-3-10(19)16(14)23)2-4-13(24)18-7-8-5-11(20)15(22)12(21)6-8/h2*2-6,20-24H,7H2,1H3,(H,19,25);2*2-8,20-24H,1H3,(H,19,25);1-6,19-23H,7H2,(H,18,24)/b2*8-2+;2*5-3+;4-2+. The third-order valence-electron chi connectivity index (χ3n) is 17.0. The van der Waals surface area contributed by atoms with E-state index in [9.17, 15) is 128 Å². The number of allylic oxidation sites excluding steroid dienone is 2. The molecule has 0 aromatic heterocycles. The van der Waals surface area contributed by atoms with Gasteiger partial charge in [0, 0.05) is 31.7 Å². The Balaban J connectivity index is 0.000000240. The first-order valence-corrected chi connectivity index (χ1v) is 40.8. The minimum Gasteiger partial charge on any atom is -0.504 e. The largest absolute Gasteiger partial charge is 0.504 e. The van der Waals surface area contributed by atoms with E-state index in [-0.39, 0.29) is 88.5 Å². The zero-order valence-electron chi connectivity index (χ0n) is 64.6. The topological polar surface area (TPSA) is 566 Å². The molecule has 124 heavy (non-hydrogen) atoms. The molecule has 0 spiro atoms. The monoisotopic (exact) mass is 2070 g/mol. The molecule has 0 radical (unpaired) electrons. The summed E-state index contributed by atoms with van der Waals surface area (Å²) in [6.07, 6.45) is 12.9. The van der Waals surface area contributed by atoms with Crippen LogP contribution in [0, 0.1) is 0 Å². The first-order chi connectivity index (χ1) is 58.1. The van der Waals surface area contributed by atoms with Gasteiger partial charge < -0.3 is 154 Å². The van der Waals surface area contributed by atoms with Crippen LogP contribution in [0.1, 0.15) is 95.4 Å². The van der Waals surface area contributed by atoms with Crippen LogP contribution in [-0.2, 0) is 19.6 Å². The van der Waals surface area contributed by atoms with Gasteiger partial charge in [-0.25, -0.2) is 0 Å². The predicted octanol–water partition coefficient (Wildman–Crippen LogP) is 17.3. The van der Waals surface area contributed by atoms with Crippen LogP contribution in [0.25, 0.3) is 29.4 Å². The molecule has 0 amide bonds. The zero-order chi connectivity index (χ0) is 92.7. The van der Waals surface area contributed by atoms with Crippen molar-refractivity contribution in [2.24, 2.45) is 0 Å². The van der Waals surface area contributed by atoms with Crippen molar-refractivity contribution in [3.63, 3.8) is 0 Å². The van der Waals surface area contributed by atoms with Gasteiger partial charge in [0.25, 0.3) is 0 Å². The van der Waals surface area contributed by atoms with E-state index in [0.717, 1.165) is 11.1 Å². The molecule has 654 valence electrons. The Morgan fingerprint density at radius 1 is 0.306 bits per heavy atom. The summed E-state index contributed by atoms with van der Waals surface area (Å²) in [6, 6.07) is 27.4. The highest BCUT2D eigenvalue weighted by atomic mass is 79.9. The van der Waals surface area contributed by atoms with E-state index in [0.29, 0.717) is 98.5 Å². The summed E-state index contributed by atoms with van der Waals surface area (Å²) in [5.41, 5.74) is 7.21. The Morgan fingerprint density at radius 2 is 0.556 bits per heavy atom. The molecule has 2 unspecified atom stereocenters. The normalized spacial score (nSPS) is 11.6. The van der Waals surface area contributed by atoms with Gasteiger partial charge in [-0.15, -0.1) is 0 Å². The fourth-order valence-electron chi connectivity index (χ4n) is 10.2. The summed E-state index contributed by atoms with van der Waals surface area (Å²) in [5, 5.41) is 252. The Hall–Kier alpha value is -12.4. The average molecular weight is 2070 g/mol. The Kier molecular flexibility index (Phi) is 36.9. The molecule has 40 heteroatoms.